The summed E-state index contributed by atoms with van der Waals surface area (Å²) < 4.78 is 12.6. The Morgan fingerprint density at radius 3 is 2.00 bits per heavy atom. The molecule has 0 aliphatic heterocycles. The predicted molar refractivity (Wildman–Crippen MR) is 209 cm³/mol. The summed E-state index contributed by atoms with van der Waals surface area (Å²) in [5, 5.41) is 27.6. The second-order valence-electron chi connectivity index (χ2n) is 16.3. The first-order chi connectivity index (χ1) is 22.8. The van der Waals surface area contributed by atoms with Crippen molar-refractivity contribution in [3.05, 3.63) is 46.1 Å². The van der Waals surface area contributed by atoms with Crippen molar-refractivity contribution in [1.82, 2.24) is 10.6 Å². The number of amides is 2. The summed E-state index contributed by atoms with van der Waals surface area (Å²) in [5.74, 6) is -0.685. The van der Waals surface area contributed by atoms with E-state index in [1.165, 1.54) is 58.8 Å². The van der Waals surface area contributed by atoms with Gasteiger partial charge >= 0.3 is 265 Å². The number of ether oxygens (including phenoxy) is 1. The molecule has 0 aromatic rings. The van der Waals surface area contributed by atoms with Crippen LogP contribution in [0.4, 0.5) is 4.79 Å². The number of carbonyl (C=O) groups excluding carboxylic acids is 2. The number of hydrogen-bond acceptors (Lipinski definition) is 5. The Morgan fingerprint density at radius 2 is 1.51 bits per heavy atom. The molecule has 282 valence electrons. The van der Waals surface area contributed by atoms with Gasteiger partial charge in [-0.1, -0.05) is 0 Å². The molecule has 0 radical (unpaired) electrons. The predicted octanol–water partition coefficient (Wildman–Crippen LogP) is 9.43. The maximum atomic E-state index is 12.8. The number of aliphatic hydroxyl groups is 2. The molecule has 1 aliphatic rings. The zero-order valence-electron chi connectivity index (χ0n) is 33.3. The van der Waals surface area contributed by atoms with Gasteiger partial charge in [-0.05, 0) is 6.92 Å². The Morgan fingerprint density at radius 1 is 0.959 bits per heavy atom. The zero-order valence-corrected chi connectivity index (χ0v) is 36.1. The van der Waals surface area contributed by atoms with Gasteiger partial charge in [0.05, 0.1) is 6.04 Å². The van der Waals surface area contributed by atoms with Crippen molar-refractivity contribution in [2.24, 2.45) is 23.2 Å². The molecule has 8 heteroatoms. The molecular formula is C41H74N2O5Sn. The SMILES string of the molecule is CCC[CH2][Sn](/[CH]=C/[C@]1(C)C[C@H](NC(=O)OC(C)(C)C)C=C[C@@H]1/C=C(C)/C=C/[C@@H](C)[C@@H](O)[C@H](C)[C@H](O)[C@@H](C)NC(C)=O)([CH2]CCC)[CH2]CCC. The number of nitrogens with one attached hydrogen (secondary N) is 2. The van der Waals surface area contributed by atoms with Crippen LogP contribution < -0.4 is 10.6 Å². The van der Waals surface area contributed by atoms with Crippen molar-refractivity contribution < 1.29 is 24.5 Å². The van der Waals surface area contributed by atoms with E-state index < -0.39 is 48.1 Å². The molecule has 0 heterocycles. The van der Waals surface area contributed by atoms with Crippen molar-refractivity contribution in [2.75, 3.05) is 0 Å². The van der Waals surface area contributed by atoms with E-state index in [1.54, 1.807) is 6.92 Å². The fraction of sp³-hybridized carbons (Fsp3) is 0.756. The monoisotopic (exact) mass is 794 g/mol. The normalized spacial score (nSPS) is 23.7. The van der Waals surface area contributed by atoms with Gasteiger partial charge in [0.2, 0.25) is 5.91 Å². The first kappa shape index (κ1) is 45.4. The van der Waals surface area contributed by atoms with E-state index >= 15 is 0 Å². The van der Waals surface area contributed by atoms with Gasteiger partial charge in [0, 0.05) is 6.92 Å². The summed E-state index contributed by atoms with van der Waals surface area (Å²) in [4.78, 5) is 24.3. The van der Waals surface area contributed by atoms with Crippen molar-refractivity contribution in [3.8, 4) is 0 Å². The van der Waals surface area contributed by atoms with Crippen LogP contribution in [0.5, 0.6) is 0 Å². The minimum absolute atomic E-state index is 0.125. The molecule has 8 atom stereocenters. The van der Waals surface area contributed by atoms with Gasteiger partial charge in [0.25, 0.3) is 0 Å². The number of unbranched alkanes of at least 4 members (excludes halogenated alkanes) is 3. The van der Waals surface area contributed by atoms with Crippen LogP contribution in [-0.4, -0.2) is 70.5 Å². The van der Waals surface area contributed by atoms with Gasteiger partial charge in [-0.15, -0.1) is 0 Å². The van der Waals surface area contributed by atoms with Crippen LogP contribution in [0.2, 0.25) is 13.3 Å². The average Bonchev–Trinajstić information content (AvgIpc) is 3.01. The minimum atomic E-state index is -2.58. The molecule has 0 bridgehead atoms. The summed E-state index contributed by atoms with van der Waals surface area (Å²) in [6.07, 6.45) is 19.7. The third-order valence-electron chi connectivity index (χ3n) is 10.2. The van der Waals surface area contributed by atoms with Crippen LogP contribution in [0.15, 0.2) is 46.1 Å². The van der Waals surface area contributed by atoms with Crippen molar-refractivity contribution in [2.45, 2.75) is 171 Å². The Bertz CT molecular complexity index is 1100. The zero-order chi connectivity index (χ0) is 37.4. The Balaban J connectivity index is 3.43. The first-order valence-electron chi connectivity index (χ1n) is 19.2. The van der Waals surface area contributed by atoms with Gasteiger partial charge in [-0.3, -0.25) is 4.79 Å². The van der Waals surface area contributed by atoms with E-state index in [4.69, 9.17) is 4.74 Å². The molecule has 49 heavy (non-hydrogen) atoms. The van der Waals surface area contributed by atoms with E-state index in [0.717, 1.165) is 12.0 Å². The number of rotatable bonds is 20. The summed E-state index contributed by atoms with van der Waals surface area (Å²) >= 11 is -2.58. The fourth-order valence-electron chi connectivity index (χ4n) is 7.01. The van der Waals surface area contributed by atoms with Crippen molar-refractivity contribution >= 4 is 30.4 Å². The fourth-order valence-corrected chi connectivity index (χ4v) is 21.7. The molecule has 0 spiro atoms. The molecule has 7 nitrogen and oxygen atoms in total. The second-order valence-corrected chi connectivity index (χ2v) is 29.3. The average molecular weight is 794 g/mol. The van der Waals surface area contributed by atoms with Crippen LogP contribution in [0, 0.1) is 23.2 Å². The van der Waals surface area contributed by atoms with Crippen LogP contribution in [0.3, 0.4) is 0 Å². The molecule has 1 aliphatic carbocycles. The van der Waals surface area contributed by atoms with E-state index in [9.17, 15) is 19.8 Å². The Kier molecular flexibility index (Phi) is 20.1. The standard InChI is InChI=1S/C29H47N2O5.3C4H9.Sn/c1-11-29(10)17-24(31-27(35)36-28(7,8)9)15-14-23(29)16-18(2)12-13-19(3)25(33)20(4)26(34)21(5)30-22(6)32;3*1-3-4-2;/h1,11-16,19-21,23-26,33-34H,17H2,2-10H3,(H,30,32)(H,31,35);3*1,3-4H2,2H3;/b11-1?,13-12+,18-16+;;;;/t19-,20+,21-,23-,24-,25-,26+,29-;;;;/m1..../s1. The summed E-state index contributed by atoms with van der Waals surface area (Å²) in [7, 11) is 0. The van der Waals surface area contributed by atoms with E-state index in [2.05, 4.69) is 79.7 Å². The third kappa shape index (κ3) is 16.5. The molecule has 0 saturated heterocycles. The Hall–Kier alpha value is -1.58. The maximum absolute atomic E-state index is 12.8. The van der Waals surface area contributed by atoms with Gasteiger partial charge in [-0.2, -0.15) is 0 Å². The summed E-state index contributed by atoms with van der Waals surface area (Å²) in [6, 6.07) is -0.578. The van der Waals surface area contributed by atoms with Crippen molar-refractivity contribution in [3.63, 3.8) is 0 Å². The number of hydrogen-bond donors (Lipinski definition) is 4. The first-order valence-corrected chi connectivity index (χ1v) is 26.9. The van der Waals surface area contributed by atoms with Crippen molar-refractivity contribution in [1.29, 1.82) is 0 Å². The molecule has 4 N–H and O–H groups in total. The molecule has 0 saturated carbocycles. The van der Waals surface area contributed by atoms with Gasteiger partial charge in [-0.25, -0.2) is 0 Å². The van der Waals surface area contributed by atoms with E-state index in [1.807, 2.05) is 40.7 Å². The quantitative estimate of drug-likeness (QED) is 0.0559. The number of aliphatic hydroxyl groups excluding tert-OH is 2. The summed E-state index contributed by atoms with van der Waals surface area (Å²) in [6.45, 7) is 24.0. The molecule has 2 amide bonds. The van der Waals surface area contributed by atoms with Crippen LogP contribution in [-0.2, 0) is 9.53 Å². The molecular weight excluding hydrogens is 719 g/mol. The summed E-state index contributed by atoms with van der Waals surface area (Å²) in [5.41, 5.74) is 0.348. The second kappa shape index (κ2) is 21.7. The molecule has 0 fully saturated rings. The van der Waals surface area contributed by atoms with E-state index in [0.29, 0.717) is 0 Å². The van der Waals surface area contributed by atoms with Crippen LogP contribution >= 0.6 is 0 Å². The molecule has 0 aromatic heterocycles. The number of carbonyl (C=O) groups is 2. The topological polar surface area (TPSA) is 108 Å². The third-order valence-corrected chi connectivity index (χ3v) is 24.3. The van der Waals surface area contributed by atoms with Gasteiger partial charge in [0.15, 0.2) is 0 Å². The van der Waals surface area contributed by atoms with E-state index in [-0.39, 0.29) is 35.3 Å². The Labute approximate surface area is 304 Å². The van der Waals surface area contributed by atoms with Gasteiger partial charge < -0.3 is 10.4 Å². The van der Waals surface area contributed by atoms with Crippen LogP contribution in [0.1, 0.15) is 128 Å². The molecule has 0 unspecified atom stereocenters. The molecule has 1 rings (SSSR count). The number of allylic oxidation sites excluding steroid dienone is 5. The molecule has 0 aromatic carbocycles. The van der Waals surface area contributed by atoms with Crippen LogP contribution in [0.25, 0.3) is 0 Å². The number of alkyl carbamates (subject to hydrolysis) is 1. The van der Waals surface area contributed by atoms with Gasteiger partial charge in [0.1, 0.15) is 0 Å².